The highest BCUT2D eigenvalue weighted by Gasteiger charge is 2.50. The number of sulfone groups is 1. The van der Waals surface area contributed by atoms with Crippen LogP contribution < -0.4 is 0 Å². The Balaban J connectivity index is 1.36. The molecular weight excluding hydrogens is 837 g/mol. The number of benzene rings is 1. The van der Waals surface area contributed by atoms with Crippen molar-refractivity contribution in [2.75, 3.05) is 32.7 Å². The van der Waals surface area contributed by atoms with Gasteiger partial charge in [-0.2, -0.15) is 0 Å². The first kappa shape index (κ1) is 51.7. The lowest BCUT2D eigenvalue weighted by Gasteiger charge is -2.42. The van der Waals surface area contributed by atoms with Gasteiger partial charge in [0.1, 0.15) is 0 Å². The summed E-state index contributed by atoms with van der Waals surface area (Å²) < 4.78 is 80.8. The second-order valence-electron chi connectivity index (χ2n) is 21.8. The predicted octanol–water partition coefficient (Wildman–Crippen LogP) is 10.6. The van der Waals surface area contributed by atoms with Crippen LogP contribution in [0.15, 0.2) is 53.5 Å². The Morgan fingerprint density at radius 3 is 2.03 bits per heavy atom. The smallest absolute Gasteiger partial charge is 0.192 e. The minimum atomic E-state index is -3.71. The van der Waals surface area contributed by atoms with E-state index < -0.39 is 50.7 Å². The molecule has 0 N–H and O–H groups in total. The van der Waals surface area contributed by atoms with Gasteiger partial charge in [0, 0.05) is 32.3 Å². The molecule has 2 unspecified atom stereocenters. The highest BCUT2D eigenvalue weighted by atomic mass is 32.2. The summed E-state index contributed by atoms with van der Waals surface area (Å²) in [6.07, 6.45) is 5.04. The van der Waals surface area contributed by atoms with Crippen molar-refractivity contribution < 1.29 is 45.7 Å². The van der Waals surface area contributed by atoms with Gasteiger partial charge in [-0.3, -0.25) is 0 Å². The molecule has 1 aromatic rings. The largest absolute Gasteiger partial charge is 0.414 e. The Hall–Kier alpha value is -1.24. The normalized spacial score (nSPS) is 30.1. The van der Waals surface area contributed by atoms with Crippen LogP contribution >= 0.6 is 0 Å². The van der Waals surface area contributed by atoms with Crippen LogP contribution in [-0.4, -0.2) is 113 Å². The first-order valence-corrected chi connectivity index (χ1v) is 31.0. The Kier molecular flexibility index (Phi) is 17.7. The molecule has 0 aromatic heterocycles. The predicted molar refractivity (Wildman–Crippen MR) is 253 cm³/mol. The summed E-state index contributed by atoms with van der Waals surface area (Å²) in [6.45, 7) is 37.6. The zero-order valence-corrected chi connectivity index (χ0v) is 43.6. The van der Waals surface area contributed by atoms with Gasteiger partial charge in [-0.05, 0) is 110 Å². The van der Waals surface area contributed by atoms with E-state index in [1.54, 1.807) is 19.2 Å². The zero-order chi connectivity index (χ0) is 45.8. The highest BCUT2D eigenvalue weighted by Crippen LogP contribution is 2.44. The molecule has 10 nitrogen and oxygen atoms in total. The molecule has 0 bridgehead atoms. The maximum absolute atomic E-state index is 14.3. The number of aryl methyl sites for hydroxylation is 1. The van der Waals surface area contributed by atoms with E-state index in [1.165, 1.54) is 0 Å². The van der Waals surface area contributed by atoms with Gasteiger partial charge in [-0.15, -0.1) is 0 Å². The van der Waals surface area contributed by atoms with E-state index in [0.29, 0.717) is 37.6 Å². The van der Waals surface area contributed by atoms with Crippen LogP contribution in [0.5, 0.6) is 0 Å². The van der Waals surface area contributed by atoms with Crippen molar-refractivity contribution in [3.8, 4) is 0 Å². The van der Waals surface area contributed by atoms with Crippen molar-refractivity contribution >= 4 is 26.5 Å². The summed E-state index contributed by atoms with van der Waals surface area (Å²) in [5, 5.41) is 0.0159. The molecule has 0 amide bonds. The third-order valence-electron chi connectivity index (χ3n) is 15.1. The molecule has 4 saturated heterocycles. The lowest BCUT2D eigenvalue weighted by Crippen LogP contribution is -2.49. The van der Waals surface area contributed by atoms with Crippen molar-refractivity contribution in [1.82, 2.24) is 0 Å². The minimum absolute atomic E-state index is 0.000721. The fourth-order valence-corrected chi connectivity index (χ4v) is 13.0. The summed E-state index contributed by atoms with van der Waals surface area (Å²) in [7, 11) is -6.39. The monoisotopic (exact) mass is 921 g/mol. The SMILES string of the molecule is C=C1C[C@H](CCC2OCCO2)O[C@H]1CC[C@H]1C[C@H](C)C(=C)C(C[C@@H]2O[C@H](CC(CO[Si](C)(C)C(C)(C)C)O[Si](C)(C)C(C)(C)C)[C@H](OC)[C@H]2CS(=O)(=O)c2ccc(CC)cc2)O1. The summed E-state index contributed by atoms with van der Waals surface area (Å²) in [6, 6.07) is 7.29. The molecule has 0 saturated carbocycles. The molecule has 4 aliphatic rings. The van der Waals surface area contributed by atoms with E-state index in [4.69, 9.17) is 37.3 Å². The van der Waals surface area contributed by atoms with Gasteiger partial charge in [0.25, 0.3) is 0 Å². The van der Waals surface area contributed by atoms with Gasteiger partial charge in [0.05, 0.1) is 79.3 Å². The molecule has 0 radical (unpaired) electrons. The van der Waals surface area contributed by atoms with Crippen LogP contribution in [0.3, 0.4) is 0 Å². The van der Waals surface area contributed by atoms with Crippen LogP contribution in [0.2, 0.25) is 36.3 Å². The van der Waals surface area contributed by atoms with Crippen LogP contribution in [0.25, 0.3) is 0 Å². The first-order chi connectivity index (χ1) is 28.8. The van der Waals surface area contributed by atoms with E-state index in [-0.39, 0.29) is 58.6 Å². The molecule has 4 aliphatic heterocycles. The van der Waals surface area contributed by atoms with Gasteiger partial charge >= 0.3 is 0 Å². The number of rotatable bonds is 20. The van der Waals surface area contributed by atoms with Crippen LogP contribution in [0.1, 0.15) is 112 Å². The third-order valence-corrected chi connectivity index (χ3v) is 26.0. The van der Waals surface area contributed by atoms with E-state index in [1.807, 2.05) is 12.1 Å². The molecule has 1 aromatic carbocycles. The first-order valence-electron chi connectivity index (χ1n) is 23.6. The van der Waals surface area contributed by atoms with Crippen molar-refractivity contribution in [3.05, 3.63) is 54.1 Å². The molecule has 4 heterocycles. The second-order valence-corrected chi connectivity index (χ2v) is 33.4. The highest BCUT2D eigenvalue weighted by molar-refractivity contribution is 7.91. The fourth-order valence-electron chi connectivity index (χ4n) is 8.96. The number of hydrogen-bond acceptors (Lipinski definition) is 10. The quantitative estimate of drug-likeness (QED) is 0.0927. The number of ether oxygens (including phenoxy) is 6. The average molecular weight is 921 g/mol. The molecular formula is C49H84O10SSi2. The van der Waals surface area contributed by atoms with Gasteiger partial charge in [-0.1, -0.05) is 80.7 Å². The Bertz CT molecular complexity index is 1730. The van der Waals surface area contributed by atoms with E-state index in [2.05, 4.69) is 94.7 Å². The summed E-state index contributed by atoms with van der Waals surface area (Å²) in [5.74, 6) is -0.323. The topological polar surface area (TPSA) is 108 Å². The molecule has 4 fully saturated rings. The van der Waals surface area contributed by atoms with Crippen LogP contribution in [0.4, 0.5) is 0 Å². The summed E-state index contributed by atoms with van der Waals surface area (Å²) >= 11 is 0. The van der Waals surface area contributed by atoms with Crippen molar-refractivity contribution in [2.24, 2.45) is 11.8 Å². The van der Waals surface area contributed by atoms with Crippen molar-refractivity contribution in [3.63, 3.8) is 0 Å². The molecule has 0 spiro atoms. The number of methoxy groups -OCH3 is 1. The van der Waals surface area contributed by atoms with Crippen LogP contribution in [-0.2, 0) is 53.5 Å². The van der Waals surface area contributed by atoms with Crippen molar-refractivity contribution in [1.29, 1.82) is 0 Å². The minimum Gasteiger partial charge on any atom is -0.414 e. The fraction of sp³-hybridized carbons (Fsp3) is 0.796. The van der Waals surface area contributed by atoms with E-state index in [9.17, 15) is 8.42 Å². The molecule has 5 rings (SSSR count). The van der Waals surface area contributed by atoms with Gasteiger partial charge in [0.2, 0.25) is 0 Å². The maximum Gasteiger partial charge on any atom is 0.192 e. The van der Waals surface area contributed by atoms with E-state index in [0.717, 1.165) is 61.7 Å². The lowest BCUT2D eigenvalue weighted by molar-refractivity contribution is -0.0791. The molecule has 13 heteroatoms. The summed E-state index contributed by atoms with van der Waals surface area (Å²) in [5.41, 5.74) is 3.26. The molecule has 0 aliphatic carbocycles. The Morgan fingerprint density at radius 1 is 0.823 bits per heavy atom. The molecule has 354 valence electrons. The molecule has 10 atom stereocenters. The molecule has 62 heavy (non-hydrogen) atoms. The Morgan fingerprint density at radius 2 is 1.44 bits per heavy atom. The average Bonchev–Trinajstić information content (AvgIpc) is 3.91. The maximum atomic E-state index is 14.3. The number of hydrogen-bond donors (Lipinski definition) is 0. The van der Waals surface area contributed by atoms with Gasteiger partial charge in [-0.25, -0.2) is 8.42 Å². The van der Waals surface area contributed by atoms with Crippen LogP contribution in [0, 0.1) is 11.8 Å². The van der Waals surface area contributed by atoms with Gasteiger partial charge in [0.15, 0.2) is 32.8 Å². The second kappa shape index (κ2) is 21.2. The standard InChI is InChI=1S/C49H84O10SSi2/c1-16-36-17-21-40(22-18-36)60(50,51)32-41-44(58-45(47(41)52-11)29-39(59-62(14,15)49(8,9)10)31-55-61(12,13)48(5,6)7)30-43-35(4)33(2)27-37(57-43)19-23-42-34(3)28-38(56-42)20-24-46-53-25-26-54-46/h17-18,21-22,33,37-39,41-47H,3-4,16,19-20,23-32H2,1-2,5-15H3/t33-,37-,38-,39?,41-,42-,43?,44-,45+,47+/m0/s1. The third kappa shape index (κ3) is 13.2. The van der Waals surface area contributed by atoms with Crippen molar-refractivity contribution in [2.45, 2.75) is 209 Å². The Labute approximate surface area is 378 Å². The zero-order valence-electron chi connectivity index (χ0n) is 40.8. The van der Waals surface area contributed by atoms with E-state index >= 15 is 0 Å². The van der Waals surface area contributed by atoms with Gasteiger partial charge < -0.3 is 37.3 Å². The summed E-state index contributed by atoms with van der Waals surface area (Å²) in [4.78, 5) is 0.318. The lowest BCUT2D eigenvalue weighted by atomic mass is 9.83.